The number of hydrogen-bond acceptors (Lipinski definition) is 7. The summed E-state index contributed by atoms with van der Waals surface area (Å²) in [5.41, 5.74) is 5.31. The van der Waals surface area contributed by atoms with Gasteiger partial charge in [-0.3, -0.25) is 19.2 Å². The Labute approximate surface area is 278 Å². The smallest absolute Gasteiger partial charge is 0.329 e. The number of rotatable bonds is 14. The first kappa shape index (κ1) is 37.5. The number of ether oxygens (including phenoxy) is 1. The van der Waals surface area contributed by atoms with Crippen molar-refractivity contribution in [3.63, 3.8) is 0 Å². The number of hydrogen-bond donors (Lipinski definition) is 4. The van der Waals surface area contributed by atoms with Crippen LogP contribution in [0, 0.1) is 29.1 Å². The molecule has 12 heteroatoms. The monoisotopic (exact) mass is 655 g/mol. The molecule has 1 aromatic carbocycles. The molecule has 5 N–H and O–H groups in total. The minimum absolute atomic E-state index is 0.00966. The Morgan fingerprint density at radius 3 is 2.06 bits per heavy atom. The van der Waals surface area contributed by atoms with Crippen molar-refractivity contribution >= 4 is 35.5 Å². The van der Waals surface area contributed by atoms with Crippen LogP contribution in [-0.4, -0.2) is 71.1 Å². The summed E-state index contributed by atoms with van der Waals surface area (Å²) in [6.45, 7) is 15.0. The van der Waals surface area contributed by atoms with E-state index in [2.05, 4.69) is 16.0 Å². The summed E-state index contributed by atoms with van der Waals surface area (Å²) in [6.07, 6.45) is 1.96. The zero-order valence-electron chi connectivity index (χ0n) is 29.0. The van der Waals surface area contributed by atoms with Gasteiger partial charge in [-0.2, -0.15) is 0 Å². The van der Waals surface area contributed by atoms with Crippen molar-refractivity contribution in [3.05, 3.63) is 35.9 Å². The van der Waals surface area contributed by atoms with E-state index in [0.29, 0.717) is 12.8 Å². The molecule has 1 aromatic rings. The fourth-order valence-corrected chi connectivity index (χ4v) is 5.87. The Kier molecular flexibility index (Phi) is 12.6. The third-order valence-corrected chi connectivity index (χ3v) is 9.16. The standard InChI is InChI=1S/C35H53N5O7/c1-19(2)24-17-26(31(43)37-25(16-22-14-15-22)28(41)30(36)42)40(18-24)32(44)29(35(6,7)8)39-34(46)38-27(20(3)4)33(45)47-21(5)23-12-10-9-11-13-23/h9-13,19-22,24-27,29H,14-18H2,1-8H3,(H2,36,42)(H,37,43)(H2,38,39,46)/t21-,24-,25?,26+,27+,29-/m1/s1. The molecule has 1 saturated heterocycles. The van der Waals surface area contributed by atoms with Crippen molar-refractivity contribution < 1.29 is 33.5 Å². The molecular weight excluding hydrogens is 602 g/mol. The van der Waals surface area contributed by atoms with Crippen molar-refractivity contribution in [2.75, 3.05) is 6.54 Å². The number of nitrogens with two attached hydrogens (primary N) is 1. The summed E-state index contributed by atoms with van der Waals surface area (Å²) in [6, 6.07) is 4.51. The molecule has 1 aliphatic heterocycles. The summed E-state index contributed by atoms with van der Waals surface area (Å²) < 4.78 is 5.67. The highest BCUT2D eigenvalue weighted by Gasteiger charge is 2.46. The number of carbonyl (C=O) groups is 6. The van der Waals surface area contributed by atoms with E-state index < -0.39 is 71.2 Å². The van der Waals surface area contributed by atoms with Crippen LogP contribution in [0.3, 0.4) is 0 Å². The van der Waals surface area contributed by atoms with Gasteiger partial charge in [0.05, 0.1) is 6.04 Å². The Morgan fingerprint density at radius 2 is 1.55 bits per heavy atom. The average molecular weight is 656 g/mol. The van der Waals surface area contributed by atoms with Gasteiger partial charge in [-0.15, -0.1) is 0 Å². The molecule has 0 bridgehead atoms. The van der Waals surface area contributed by atoms with Gasteiger partial charge >= 0.3 is 12.0 Å². The maximum absolute atomic E-state index is 14.3. The van der Waals surface area contributed by atoms with Crippen molar-refractivity contribution in [1.29, 1.82) is 0 Å². The molecule has 1 saturated carbocycles. The number of likely N-dealkylation sites (tertiary alicyclic amines) is 1. The maximum Gasteiger partial charge on any atom is 0.329 e. The first-order valence-electron chi connectivity index (χ1n) is 16.7. The van der Waals surface area contributed by atoms with E-state index in [0.717, 1.165) is 18.4 Å². The minimum atomic E-state index is -1.11. The molecule has 0 spiro atoms. The van der Waals surface area contributed by atoms with E-state index in [9.17, 15) is 28.8 Å². The van der Waals surface area contributed by atoms with Crippen LogP contribution < -0.4 is 21.7 Å². The van der Waals surface area contributed by atoms with Gasteiger partial charge in [0, 0.05) is 6.54 Å². The van der Waals surface area contributed by atoms with Crippen molar-refractivity contribution in [2.24, 2.45) is 34.8 Å². The van der Waals surface area contributed by atoms with Crippen LogP contribution in [0.15, 0.2) is 30.3 Å². The lowest BCUT2D eigenvalue weighted by molar-refractivity contribution is -0.152. The molecule has 1 heterocycles. The maximum atomic E-state index is 14.3. The SMILES string of the molecule is CC(C)[C@@H]1C[C@@H](C(=O)NC(CC2CC2)C(=O)C(N)=O)N(C(=O)[C@@H](NC(=O)N[C@H](C(=O)O[C@H](C)c2ccccc2)C(C)C)C(C)(C)C)C1. The second kappa shape index (κ2) is 15.8. The molecule has 3 rings (SSSR count). The minimum Gasteiger partial charge on any atom is -0.456 e. The highest BCUT2D eigenvalue weighted by atomic mass is 16.5. The van der Waals surface area contributed by atoms with Crippen LogP contribution in [0.25, 0.3) is 0 Å². The number of primary amides is 1. The predicted molar refractivity (Wildman–Crippen MR) is 176 cm³/mol. The zero-order valence-corrected chi connectivity index (χ0v) is 29.0. The van der Waals surface area contributed by atoms with Crippen LogP contribution in [-0.2, 0) is 28.7 Å². The molecule has 0 aromatic heterocycles. The van der Waals surface area contributed by atoms with Crippen molar-refractivity contribution in [2.45, 2.75) is 111 Å². The highest BCUT2D eigenvalue weighted by Crippen LogP contribution is 2.35. The van der Waals surface area contributed by atoms with Crippen LogP contribution in [0.2, 0.25) is 0 Å². The van der Waals surface area contributed by atoms with Crippen LogP contribution in [0.1, 0.15) is 92.7 Å². The summed E-state index contributed by atoms with van der Waals surface area (Å²) in [7, 11) is 0. The van der Waals surface area contributed by atoms with E-state index in [1.165, 1.54) is 4.90 Å². The molecule has 47 heavy (non-hydrogen) atoms. The molecule has 1 aliphatic carbocycles. The van der Waals surface area contributed by atoms with Gasteiger partial charge in [0.2, 0.25) is 17.6 Å². The largest absolute Gasteiger partial charge is 0.456 e. The third kappa shape index (κ3) is 10.3. The van der Waals surface area contributed by atoms with Crippen LogP contribution in [0.4, 0.5) is 4.79 Å². The lowest BCUT2D eigenvalue weighted by Gasteiger charge is -2.36. The topological polar surface area (TPSA) is 177 Å². The number of urea groups is 1. The third-order valence-electron chi connectivity index (χ3n) is 9.16. The Balaban J connectivity index is 1.78. The lowest BCUT2D eigenvalue weighted by Crippen LogP contribution is -2.61. The first-order valence-corrected chi connectivity index (χ1v) is 16.7. The summed E-state index contributed by atoms with van der Waals surface area (Å²) in [5, 5.41) is 8.19. The normalized spacial score (nSPS) is 20.6. The van der Waals surface area contributed by atoms with Crippen LogP contribution in [0.5, 0.6) is 0 Å². The highest BCUT2D eigenvalue weighted by molar-refractivity contribution is 6.37. The van der Waals surface area contributed by atoms with E-state index in [1.54, 1.807) is 41.5 Å². The lowest BCUT2D eigenvalue weighted by atomic mass is 9.85. The molecule has 260 valence electrons. The second-order valence-electron chi connectivity index (χ2n) is 14.8. The Bertz CT molecular complexity index is 1300. The number of amides is 5. The van der Waals surface area contributed by atoms with Gasteiger partial charge in [-0.1, -0.05) is 91.6 Å². The predicted octanol–water partition coefficient (Wildman–Crippen LogP) is 3.24. The summed E-state index contributed by atoms with van der Waals surface area (Å²) in [4.78, 5) is 80.3. The molecule has 5 amide bonds. The number of esters is 1. The first-order chi connectivity index (χ1) is 21.9. The molecule has 0 radical (unpaired) electrons. The fraction of sp³-hybridized carbons (Fsp3) is 0.657. The van der Waals surface area contributed by atoms with Gasteiger partial charge in [0.25, 0.3) is 5.91 Å². The number of nitrogens with zero attached hydrogens (tertiary/aromatic N) is 1. The van der Waals surface area contributed by atoms with Crippen molar-refractivity contribution in [1.82, 2.24) is 20.9 Å². The molecule has 2 fully saturated rings. The van der Waals surface area contributed by atoms with Gasteiger partial charge in [0.1, 0.15) is 24.2 Å². The van der Waals surface area contributed by atoms with Gasteiger partial charge in [0.15, 0.2) is 0 Å². The number of nitrogens with one attached hydrogen (secondary N) is 3. The van der Waals surface area contributed by atoms with E-state index in [4.69, 9.17) is 10.5 Å². The van der Waals surface area contributed by atoms with Crippen molar-refractivity contribution in [3.8, 4) is 0 Å². The van der Waals surface area contributed by atoms with Gasteiger partial charge in [-0.25, -0.2) is 9.59 Å². The summed E-state index contributed by atoms with van der Waals surface area (Å²) in [5.74, 6) is -3.51. The van der Waals surface area contributed by atoms with Crippen LogP contribution >= 0.6 is 0 Å². The van der Waals surface area contributed by atoms with E-state index >= 15 is 0 Å². The molecule has 1 unspecified atom stereocenters. The Hall–Kier alpha value is -3.96. The zero-order chi connectivity index (χ0) is 35.2. The summed E-state index contributed by atoms with van der Waals surface area (Å²) >= 11 is 0. The van der Waals surface area contributed by atoms with E-state index in [1.807, 2.05) is 44.2 Å². The average Bonchev–Trinajstić information content (AvgIpc) is 3.69. The fourth-order valence-electron chi connectivity index (χ4n) is 5.87. The van der Waals surface area contributed by atoms with Gasteiger partial charge < -0.3 is 31.3 Å². The molecule has 6 atom stereocenters. The second-order valence-corrected chi connectivity index (χ2v) is 14.8. The number of benzene rings is 1. The molecule has 12 nitrogen and oxygen atoms in total. The van der Waals surface area contributed by atoms with E-state index in [-0.39, 0.29) is 30.2 Å². The number of ketones is 1. The number of Topliss-reactive ketones (excluding diaryl/α,β-unsaturated/α-hetero) is 1. The Morgan fingerprint density at radius 1 is 0.936 bits per heavy atom. The van der Waals surface area contributed by atoms with Gasteiger partial charge in [-0.05, 0) is 54.4 Å². The quantitative estimate of drug-likeness (QED) is 0.176. The molecular formula is C35H53N5O7. The number of carbonyl (C=O) groups excluding carboxylic acids is 6. The molecule has 2 aliphatic rings.